The van der Waals surface area contributed by atoms with Crippen LogP contribution in [-0.2, 0) is 6.42 Å². The van der Waals surface area contributed by atoms with Crippen LogP contribution in [0.4, 0.5) is 19.0 Å². The van der Waals surface area contributed by atoms with E-state index in [1.165, 1.54) is 6.92 Å². The van der Waals surface area contributed by atoms with Crippen molar-refractivity contribution in [3.63, 3.8) is 0 Å². The zero-order valence-corrected chi connectivity index (χ0v) is 8.88. The molecular formula is C9H10F3N3O2. The summed E-state index contributed by atoms with van der Waals surface area (Å²) in [5.41, 5.74) is 5.13. The van der Waals surface area contributed by atoms with Gasteiger partial charge in [0.15, 0.2) is 0 Å². The number of nitrogens with zero attached hydrogens (tertiary/aromatic N) is 2. The number of alkyl halides is 3. The zero-order chi connectivity index (χ0) is 13.2. The van der Waals surface area contributed by atoms with Gasteiger partial charge in [-0.15, -0.1) is 0 Å². The van der Waals surface area contributed by atoms with Crippen LogP contribution in [0.2, 0.25) is 0 Å². The lowest BCUT2D eigenvalue weighted by Crippen LogP contribution is -2.14. The minimum absolute atomic E-state index is 0.0576. The van der Waals surface area contributed by atoms with Gasteiger partial charge in [0.25, 0.3) is 0 Å². The lowest BCUT2D eigenvalue weighted by Gasteiger charge is -2.08. The fourth-order valence-corrected chi connectivity index (χ4v) is 1.28. The van der Waals surface area contributed by atoms with Crippen LogP contribution in [0.15, 0.2) is 0 Å². The minimum atomic E-state index is -4.31. The van der Waals surface area contributed by atoms with Crippen LogP contribution in [0, 0.1) is 6.92 Å². The second-order valence-corrected chi connectivity index (χ2v) is 3.41. The number of nitrogen functional groups attached to an aromatic ring is 1. The number of hydrogen-bond acceptors (Lipinski definition) is 4. The van der Waals surface area contributed by atoms with E-state index in [4.69, 9.17) is 10.8 Å². The molecule has 0 saturated heterocycles. The summed E-state index contributed by atoms with van der Waals surface area (Å²) < 4.78 is 35.9. The largest absolute Gasteiger partial charge is 0.477 e. The van der Waals surface area contributed by atoms with Crippen LogP contribution in [-0.4, -0.2) is 27.2 Å². The van der Waals surface area contributed by atoms with Gasteiger partial charge in [0, 0.05) is 6.42 Å². The second kappa shape index (κ2) is 4.56. The molecule has 1 heterocycles. The summed E-state index contributed by atoms with van der Waals surface area (Å²) in [5, 5.41) is 8.76. The molecule has 0 aromatic carbocycles. The average Bonchev–Trinajstić information content (AvgIpc) is 2.11. The first-order valence-electron chi connectivity index (χ1n) is 4.63. The predicted molar refractivity (Wildman–Crippen MR) is 52.5 cm³/mol. The Morgan fingerprint density at radius 2 is 2.00 bits per heavy atom. The number of aromatic nitrogens is 2. The molecule has 0 aliphatic rings. The highest BCUT2D eigenvalue weighted by atomic mass is 19.4. The Balaban J connectivity index is 2.95. The van der Waals surface area contributed by atoms with Gasteiger partial charge >= 0.3 is 12.1 Å². The Kier molecular flexibility index (Phi) is 3.54. The van der Waals surface area contributed by atoms with Gasteiger partial charge in [-0.05, 0) is 6.92 Å². The van der Waals surface area contributed by atoms with Crippen molar-refractivity contribution in [1.82, 2.24) is 9.97 Å². The van der Waals surface area contributed by atoms with Crippen LogP contribution in [0.5, 0.6) is 0 Å². The number of carbonyl (C=O) groups is 1. The van der Waals surface area contributed by atoms with E-state index in [1.807, 2.05) is 0 Å². The molecular weight excluding hydrogens is 239 g/mol. The Morgan fingerprint density at radius 3 is 2.41 bits per heavy atom. The van der Waals surface area contributed by atoms with Gasteiger partial charge in [-0.2, -0.15) is 13.2 Å². The number of aromatic carboxylic acids is 1. The molecule has 0 unspecified atom stereocenters. The number of hydrogen-bond donors (Lipinski definition) is 2. The number of anilines is 1. The molecule has 0 fully saturated rings. The molecule has 1 aromatic heterocycles. The first-order valence-corrected chi connectivity index (χ1v) is 4.63. The van der Waals surface area contributed by atoms with Crippen LogP contribution in [0.1, 0.15) is 28.3 Å². The summed E-state index contributed by atoms with van der Waals surface area (Å²) in [4.78, 5) is 18.0. The SMILES string of the molecule is Cc1nc(CCC(F)(F)F)nc(N)c1C(=O)O. The van der Waals surface area contributed by atoms with E-state index in [2.05, 4.69) is 9.97 Å². The quantitative estimate of drug-likeness (QED) is 0.848. The van der Waals surface area contributed by atoms with Crippen molar-refractivity contribution < 1.29 is 23.1 Å². The smallest absolute Gasteiger partial charge is 0.389 e. The molecule has 0 bridgehead atoms. The molecule has 0 atom stereocenters. The molecule has 1 rings (SSSR count). The normalized spacial score (nSPS) is 11.5. The molecule has 0 amide bonds. The van der Waals surface area contributed by atoms with E-state index in [-0.39, 0.29) is 22.9 Å². The van der Waals surface area contributed by atoms with Crippen molar-refractivity contribution in [2.45, 2.75) is 25.9 Å². The molecule has 8 heteroatoms. The van der Waals surface area contributed by atoms with Gasteiger partial charge in [0.05, 0.1) is 12.1 Å². The third kappa shape index (κ3) is 3.58. The number of nitrogens with two attached hydrogens (primary N) is 1. The third-order valence-corrected chi connectivity index (χ3v) is 2.01. The van der Waals surface area contributed by atoms with Crippen LogP contribution in [0.25, 0.3) is 0 Å². The first-order chi connectivity index (χ1) is 7.70. The van der Waals surface area contributed by atoms with E-state index >= 15 is 0 Å². The number of aryl methyl sites for hydroxylation is 2. The highest BCUT2D eigenvalue weighted by Gasteiger charge is 2.27. The lowest BCUT2D eigenvalue weighted by atomic mass is 10.2. The number of carboxylic acid groups (broad SMARTS) is 1. The van der Waals surface area contributed by atoms with Gasteiger partial charge in [-0.1, -0.05) is 0 Å². The first kappa shape index (κ1) is 13.2. The van der Waals surface area contributed by atoms with Gasteiger partial charge in [-0.3, -0.25) is 0 Å². The molecule has 0 saturated carbocycles. The molecule has 0 aliphatic heterocycles. The van der Waals surface area contributed by atoms with Crippen molar-refractivity contribution in [3.8, 4) is 0 Å². The molecule has 3 N–H and O–H groups in total. The zero-order valence-electron chi connectivity index (χ0n) is 8.88. The Hall–Kier alpha value is -1.86. The fraction of sp³-hybridized carbons (Fsp3) is 0.444. The molecule has 94 valence electrons. The Bertz CT molecular complexity index is 423. The number of carboxylic acids is 1. The summed E-state index contributed by atoms with van der Waals surface area (Å²) in [7, 11) is 0. The topological polar surface area (TPSA) is 89.1 Å². The maximum atomic E-state index is 12.0. The third-order valence-electron chi connectivity index (χ3n) is 2.01. The second-order valence-electron chi connectivity index (χ2n) is 3.41. The lowest BCUT2D eigenvalue weighted by molar-refractivity contribution is -0.134. The van der Waals surface area contributed by atoms with E-state index < -0.39 is 25.0 Å². The fourth-order valence-electron chi connectivity index (χ4n) is 1.28. The van der Waals surface area contributed by atoms with E-state index in [0.717, 1.165) is 0 Å². The van der Waals surface area contributed by atoms with Crippen molar-refractivity contribution in [1.29, 1.82) is 0 Å². The van der Waals surface area contributed by atoms with Crippen LogP contribution < -0.4 is 5.73 Å². The van der Waals surface area contributed by atoms with Gasteiger partial charge in [0.1, 0.15) is 17.2 Å². The monoisotopic (exact) mass is 249 g/mol. The summed E-state index contributed by atoms with van der Waals surface area (Å²) in [6.45, 7) is 1.36. The molecule has 0 spiro atoms. The van der Waals surface area contributed by atoms with Crippen molar-refractivity contribution in [2.75, 3.05) is 5.73 Å². The van der Waals surface area contributed by atoms with Crippen LogP contribution >= 0.6 is 0 Å². The molecule has 5 nitrogen and oxygen atoms in total. The van der Waals surface area contributed by atoms with Crippen molar-refractivity contribution >= 4 is 11.8 Å². The van der Waals surface area contributed by atoms with E-state index in [1.54, 1.807) is 0 Å². The van der Waals surface area contributed by atoms with Crippen molar-refractivity contribution in [2.24, 2.45) is 0 Å². The van der Waals surface area contributed by atoms with E-state index in [9.17, 15) is 18.0 Å². The molecule has 0 aliphatic carbocycles. The Labute approximate surface area is 94.5 Å². The Morgan fingerprint density at radius 1 is 1.41 bits per heavy atom. The summed E-state index contributed by atoms with van der Waals surface area (Å²) in [6.07, 6.45) is -5.80. The molecule has 17 heavy (non-hydrogen) atoms. The number of halogens is 3. The van der Waals surface area contributed by atoms with Gasteiger partial charge in [-0.25, -0.2) is 14.8 Å². The minimum Gasteiger partial charge on any atom is -0.477 e. The average molecular weight is 249 g/mol. The summed E-state index contributed by atoms with van der Waals surface area (Å²) in [5.74, 6) is -1.73. The molecule has 1 aromatic rings. The van der Waals surface area contributed by atoms with Crippen LogP contribution in [0.3, 0.4) is 0 Å². The highest BCUT2D eigenvalue weighted by Crippen LogP contribution is 2.22. The van der Waals surface area contributed by atoms with Gasteiger partial charge in [0.2, 0.25) is 0 Å². The van der Waals surface area contributed by atoms with E-state index in [0.29, 0.717) is 0 Å². The summed E-state index contributed by atoms with van der Waals surface area (Å²) in [6, 6.07) is 0. The summed E-state index contributed by atoms with van der Waals surface area (Å²) >= 11 is 0. The maximum absolute atomic E-state index is 12.0. The van der Waals surface area contributed by atoms with Crippen molar-refractivity contribution in [3.05, 3.63) is 17.1 Å². The number of rotatable bonds is 3. The van der Waals surface area contributed by atoms with Gasteiger partial charge < -0.3 is 10.8 Å². The molecule has 0 radical (unpaired) electrons. The predicted octanol–water partition coefficient (Wildman–Crippen LogP) is 1.56. The highest BCUT2D eigenvalue weighted by molar-refractivity contribution is 5.93. The standard InChI is InChI=1S/C9H10F3N3O2/c1-4-6(8(16)17)7(13)15-5(14-4)2-3-9(10,11)12/h2-3H2,1H3,(H,16,17)(H2,13,14,15). The maximum Gasteiger partial charge on any atom is 0.389 e.